The summed E-state index contributed by atoms with van der Waals surface area (Å²) < 4.78 is 294. The van der Waals surface area contributed by atoms with Crippen molar-refractivity contribution in [2.75, 3.05) is 5.75 Å². The minimum absolute atomic E-state index is 1.16. The van der Waals surface area contributed by atoms with Crippen molar-refractivity contribution in [3.8, 4) is 0 Å². The summed E-state index contributed by atoms with van der Waals surface area (Å²) in [6.45, 7) is 2.13. The Hall–Kier alpha value is -5.67. The van der Waals surface area contributed by atoms with Gasteiger partial charge in [-0.1, -0.05) is 48.0 Å². The molecule has 0 amide bonds. The summed E-state index contributed by atoms with van der Waals surface area (Å²) in [7, 11) is 0. The molecule has 0 saturated carbocycles. The van der Waals surface area contributed by atoms with Crippen molar-refractivity contribution in [2.45, 2.75) is 18.2 Å². The molecule has 22 heteroatoms. The molecular weight excluding hydrogens is 891 g/mol. The van der Waals surface area contributed by atoms with E-state index in [9.17, 15) is 52.7 Å². The fourth-order valence-corrected chi connectivity index (χ4v) is 7.47. The number of halogens is 20. The Kier molecular flexibility index (Phi) is 13.5. The van der Waals surface area contributed by atoms with E-state index >= 15 is 35.1 Å². The van der Waals surface area contributed by atoms with Gasteiger partial charge in [-0.3, -0.25) is 0 Å². The minimum atomic E-state index is -7.22. The van der Waals surface area contributed by atoms with Gasteiger partial charge in [0.15, 0.2) is 74.7 Å². The second-order valence-electron chi connectivity index (χ2n) is 12.8. The van der Waals surface area contributed by atoms with E-state index in [2.05, 4.69) is 61.5 Å². The molecule has 0 atom stereocenters. The van der Waals surface area contributed by atoms with E-state index in [1.165, 1.54) is 33.5 Å². The molecule has 0 unspecified atom stereocenters. The van der Waals surface area contributed by atoms with Gasteiger partial charge < -0.3 is 0 Å². The van der Waals surface area contributed by atoms with Crippen molar-refractivity contribution in [1.29, 1.82) is 0 Å². The average molecular weight is 908 g/mol. The highest BCUT2D eigenvalue weighted by Crippen LogP contribution is 2.30. The van der Waals surface area contributed by atoms with Gasteiger partial charge in [-0.25, -0.2) is 87.8 Å². The molecule has 0 aliphatic rings. The molecule has 0 spiro atoms. The van der Waals surface area contributed by atoms with Crippen molar-refractivity contribution < 1.29 is 87.8 Å². The monoisotopic (exact) mass is 908 g/mol. The smallest absolute Gasteiger partial charge is 0.200 e. The van der Waals surface area contributed by atoms with Crippen LogP contribution in [0.15, 0.2) is 59.5 Å². The molecule has 0 aromatic heterocycles. The lowest BCUT2D eigenvalue weighted by molar-refractivity contribution is 0.378. The Morgan fingerprint density at radius 1 is 0.328 bits per heavy atom. The number of hydrogen-bond donors (Lipinski definition) is 0. The van der Waals surface area contributed by atoms with E-state index in [-0.39, 0.29) is 0 Å². The maximum absolute atomic E-state index is 15.4. The van der Waals surface area contributed by atoms with E-state index in [0.29, 0.717) is 0 Å². The highest BCUT2D eigenvalue weighted by molar-refractivity contribution is 7.78. The molecule has 0 nitrogen and oxygen atoms in total. The molecule has 0 aliphatic carbocycles. The van der Waals surface area contributed by atoms with Crippen LogP contribution >= 0.6 is 0 Å². The molecule has 6 aromatic carbocycles. The lowest BCUT2D eigenvalue weighted by Crippen LogP contribution is -2.81. The summed E-state index contributed by atoms with van der Waals surface area (Å²) in [5, 5.41) is 0. The fourth-order valence-electron chi connectivity index (χ4n) is 6.48. The molecule has 0 radical (unpaired) electrons. The first-order chi connectivity index (χ1) is 28.5. The molecule has 0 bridgehead atoms. The second-order valence-corrected chi connectivity index (χ2v) is 14.0. The molecular formula is C39H17BF20S. The van der Waals surface area contributed by atoms with Gasteiger partial charge in [0.05, 0.1) is 0 Å². The maximum atomic E-state index is 15.4. The molecule has 0 saturated heterocycles. The highest BCUT2D eigenvalue weighted by Gasteiger charge is 2.52. The number of thiol groups is 1. The van der Waals surface area contributed by atoms with Crippen LogP contribution in [0.25, 0.3) is 0 Å². The lowest BCUT2D eigenvalue weighted by atomic mass is 9.12. The van der Waals surface area contributed by atoms with Crippen LogP contribution in [0.3, 0.4) is 0 Å². The van der Waals surface area contributed by atoms with Crippen LogP contribution in [-0.4, -0.2) is 11.9 Å². The Bertz CT molecular complexity index is 2290. The molecule has 0 heterocycles. The second kappa shape index (κ2) is 17.7. The van der Waals surface area contributed by atoms with Crippen molar-refractivity contribution in [2.24, 2.45) is 0 Å². The van der Waals surface area contributed by atoms with Gasteiger partial charge in [0.2, 0.25) is 0 Å². The SMILES string of the molecule is Cc1ccc([SH+]CCc2ccccc2)cc1.Fc1c(F)c(F)c([B-](c2c(F)c(F)c(F)c(F)c2F)(c2c(F)c(F)c(F)c(F)c2F)c2c(F)c(F)c(F)c(F)c2F)c(F)c1F. The van der Waals surface area contributed by atoms with E-state index in [1.807, 2.05) is 0 Å². The van der Waals surface area contributed by atoms with Gasteiger partial charge in [-0.05, 0) is 24.6 Å². The van der Waals surface area contributed by atoms with E-state index in [0.717, 1.165) is 6.42 Å². The summed E-state index contributed by atoms with van der Waals surface area (Å²) in [5.74, 6) is -70.2. The van der Waals surface area contributed by atoms with Gasteiger partial charge in [-0.2, -0.15) is 0 Å². The quantitative estimate of drug-likeness (QED) is 0.0357. The first-order valence-corrected chi connectivity index (χ1v) is 17.6. The van der Waals surface area contributed by atoms with Gasteiger partial charge in [0.25, 0.3) is 0 Å². The maximum Gasteiger partial charge on any atom is 0.200 e. The van der Waals surface area contributed by atoms with Crippen LogP contribution in [-0.2, 0) is 18.2 Å². The third-order valence-corrected chi connectivity index (χ3v) is 10.4. The van der Waals surface area contributed by atoms with E-state index in [4.69, 9.17) is 0 Å². The van der Waals surface area contributed by atoms with Crippen LogP contribution in [0.5, 0.6) is 0 Å². The zero-order valence-electron chi connectivity index (χ0n) is 29.7. The van der Waals surface area contributed by atoms with Crippen LogP contribution in [0, 0.1) is 123 Å². The zero-order valence-corrected chi connectivity index (χ0v) is 30.6. The topological polar surface area (TPSA) is 0 Å². The van der Waals surface area contributed by atoms with E-state index < -0.39 is 144 Å². The first-order valence-electron chi connectivity index (χ1n) is 16.6. The van der Waals surface area contributed by atoms with Crippen molar-refractivity contribution in [3.63, 3.8) is 0 Å². The number of aryl methyl sites for hydroxylation is 2. The largest absolute Gasteiger partial charge is 0.207 e. The van der Waals surface area contributed by atoms with Crippen LogP contribution in [0.2, 0.25) is 0 Å². The highest BCUT2D eigenvalue weighted by atomic mass is 32.2. The molecule has 0 fully saturated rings. The predicted molar refractivity (Wildman–Crippen MR) is 182 cm³/mol. The molecule has 6 aromatic rings. The first kappa shape index (κ1) is 46.4. The predicted octanol–water partition coefficient (Wildman–Crippen LogP) is 9.26. The molecule has 6 rings (SSSR count). The Morgan fingerprint density at radius 2 is 0.574 bits per heavy atom. The van der Waals surface area contributed by atoms with Crippen molar-refractivity contribution in [3.05, 3.63) is 182 Å². The Balaban J connectivity index is 0.000000366. The lowest BCUT2D eigenvalue weighted by Gasteiger charge is -2.44. The van der Waals surface area contributed by atoms with Crippen LogP contribution in [0.4, 0.5) is 87.8 Å². The zero-order chi connectivity index (χ0) is 45.6. The molecule has 0 N–H and O–H groups in total. The number of rotatable bonds is 8. The third-order valence-electron chi connectivity index (χ3n) is 9.28. The molecule has 322 valence electrons. The van der Waals surface area contributed by atoms with Crippen LogP contribution in [0.1, 0.15) is 11.1 Å². The average Bonchev–Trinajstić information content (AvgIpc) is 3.24. The number of hydrogen-bond acceptors (Lipinski definition) is 0. The van der Waals surface area contributed by atoms with Gasteiger partial charge in [-0.15, -0.1) is 21.9 Å². The Labute approximate surface area is 333 Å². The van der Waals surface area contributed by atoms with Gasteiger partial charge in [0.1, 0.15) is 58.4 Å². The Morgan fingerprint density at radius 3 is 0.836 bits per heavy atom. The van der Waals surface area contributed by atoms with Gasteiger partial charge >= 0.3 is 0 Å². The van der Waals surface area contributed by atoms with Crippen LogP contribution < -0.4 is 21.9 Å². The van der Waals surface area contributed by atoms with Crippen molar-refractivity contribution >= 4 is 39.8 Å². The summed E-state index contributed by atoms with van der Waals surface area (Å²) in [6.07, 6.45) is -6.05. The molecule has 0 aliphatic heterocycles. The third kappa shape index (κ3) is 7.78. The fraction of sp³-hybridized carbons (Fsp3) is 0.0769. The standard InChI is InChI=1S/C24BF20.C15H16S/c26-5-1(6(27)14(35)21(42)13(5)34)25(2-7(28)15(36)22(43)16(37)8(2)29,3-9(30)17(38)23(44)18(39)10(3)31)4-11(32)19(40)24(45)20(41)12(4)33;1-13-7-9-15(10-8-13)16-12-11-14-5-3-2-4-6-14/h;2-10H,11-12H2,1H3/q-1;/p+1. The van der Waals surface area contributed by atoms with Gasteiger partial charge in [0, 0.05) is 18.2 Å². The van der Waals surface area contributed by atoms with Crippen molar-refractivity contribution in [1.82, 2.24) is 0 Å². The molecule has 61 heavy (non-hydrogen) atoms. The summed E-state index contributed by atoms with van der Waals surface area (Å²) in [5.41, 5.74) is -11.6. The van der Waals surface area contributed by atoms with E-state index in [1.54, 1.807) is 0 Å². The summed E-state index contributed by atoms with van der Waals surface area (Å²) in [6, 6.07) is 19.5. The summed E-state index contributed by atoms with van der Waals surface area (Å²) in [4.78, 5) is 1.42. The minimum Gasteiger partial charge on any atom is -0.207 e. The summed E-state index contributed by atoms with van der Waals surface area (Å²) >= 11 is 1.43. The number of benzene rings is 6. The normalized spacial score (nSPS) is 11.6.